The second-order valence-corrected chi connectivity index (χ2v) is 4.64. The fourth-order valence-electron chi connectivity index (χ4n) is 1.97. The highest BCUT2D eigenvalue weighted by Crippen LogP contribution is 2.17. The van der Waals surface area contributed by atoms with E-state index in [-0.39, 0.29) is 5.69 Å². The number of carboxylic acids is 1. The van der Waals surface area contributed by atoms with Crippen molar-refractivity contribution in [3.8, 4) is 0 Å². The van der Waals surface area contributed by atoms with E-state index >= 15 is 0 Å². The van der Waals surface area contributed by atoms with Gasteiger partial charge < -0.3 is 10.0 Å². The Balaban J connectivity index is 2.49. The number of hydrogen-bond acceptors (Lipinski definition) is 4. The standard InChI is InChI=1S/C13H18N4O2/c1-4-5-6-16(3)12-7-9(2)14-11-8-10(13(18)19)15-17(11)12/h7-8H,4-6H2,1-3H3,(H,18,19). The molecule has 6 heteroatoms. The lowest BCUT2D eigenvalue weighted by Crippen LogP contribution is -2.22. The summed E-state index contributed by atoms with van der Waals surface area (Å²) in [7, 11) is 1.98. The van der Waals surface area contributed by atoms with Gasteiger partial charge in [0.05, 0.1) is 0 Å². The van der Waals surface area contributed by atoms with Gasteiger partial charge in [-0.25, -0.2) is 9.78 Å². The zero-order chi connectivity index (χ0) is 14.0. The van der Waals surface area contributed by atoms with Gasteiger partial charge in [0.25, 0.3) is 0 Å². The molecule has 0 saturated carbocycles. The maximum Gasteiger partial charge on any atom is 0.356 e. The average Bonchev–Trinajstić information content (AvgIpc) is 2.78. The smallest absolute Gasteiger partial charge is 0.356 e. The van der Waals surface area contributed by atoms with Crippen LogP contribution in [0.15, 0.2) is 12.1 Å². The molecule has 0 unspecified atom stereocenters. The zero-order valence-electron chi connectivity index (χ0n) is 11.4. The largest absolute Gasteiger partial charge is 0.476 e. The first kappa shape index (κ1) is 13.3. The maximum atomic E-state index is 11.0. The van der Waals surface area contributed by atoms with E-state index in [2.05, 4.69) is 21.9 Å². The second-order valence-electron chi connectivity index (χ2n) is 4.64. The van der Waals surface area contributed by atoms with Crippen LogP contribution in [-0.2, 0) is 0 Å². The summed E-state index contributed by atoms with van der Waals surface area (Å²) < 4.78 is 1.59. The molecule has 2 aromatic rings. The molecule has 2 rings (SSSR count). The lowest BCUT2D eigenvalue weighted by Gasteiger charge is -2.19. The highest BCUT2D eigenvalue weighted by atomic mass is 16.4. The van der Waals surface area contributed by atoms with E-state index in [1.807, 2.05) is 20.0 Å². The molecule has 102 valence electrons. The molecule has 0 aromatic carbocycles. The summed E-state index contributed by atoms with van der Waals surface area (Å²) in [6.45, 7) is 4.93. The number of anilines is 1. The Bertz CT molecular complexity index is 606. The molecule has 0 aliphatic heterocycles. The Hall–Kier alpha value is -2.11. The van der Waals surface area contributed by atoms with Crippen LogP contribution < -0.4 is 4.90 Å². The number of aryl methyl sites for hydroxylation is 1. The topological polar surface area (TPSA) is 70.7 Å². The molecule has 19 heavy (non-hydrogen) atoms. The van der Waals surface area contributed by atoms with Crippen LogP contribution >= 0.6 is 0 Å². The minimum atomic E-state index is -1.04. The van der Waals surface area contributed by atoms with Gasteiger partial charge in [0.15, 0.2) is 11.3 Å². The highest BCUT2D eigenvalue weighted by Gasteiger charge is 2.14. The molecule has 1 N–H and O–H groups in total. The normalized spacial score (nSPS) is 10.9. The van der Waals surface area contributed by atoms with Gasteiger partial charge in [-0.2, -0.15) is 9.61 Å². The highest BCUT2D eigenvalue weighted by molar-refractivity contribution is 5.86. The lowest BCUT2D eigenvalue weighted by atomic mass is 10.3. The molecule has 0 fully saturated rings. The van der Waals surface area contributed by atoms with Crippen LogP contribution in [0, 0.1) is 6.92 Å². The molecule has 2 heterocycles. The minimum absolute atomic E-state index is 0.0169. The van der Waals surface area contributed by atoms with Crippen molar-refractivity contribution in [3.05, 3.63) is 23.5 Å². The van der Waals surface area contributed by atoms with Gasteiger partial charge in [0, 0.05) is 31.4 Å². The van der Waals surface area contributed by atoms with Crippen molar-refractivity contribution in [2.75, 3.05) is 18.5 Å². The number of nitrogens with zero attached hydrogens (tertiary/aromatic N) is 4. The number of unbranched alkanes of at least 4 members (excludes halogenated alkanes) is 1. The number of rotatable bonds is 5. The quantitative estimate of drug-likeness (QED) is 0.892. The second kappa shape index (κ2) is 5.26. The van der Waals surface area contributed by atoms with Crippen molar-refractivity contribution in [1.29, 1.82) is 0 Å². The summed E-state index contributed by atoms with van der Waals surface area (Å²) >= 11 is 0. The molecule has 0 saturated heterocycles. The molecule has 0 aliphatic rings. The Kier molecular flexibility index (Phi) is 3.69. The van der Waals surface area contributed by atoms with Gasteiger partial charge in [0.1, 0.15) is 5.82 Å². The van der Waals surface area contributed by atoms with E-state index < -0.39 is 5.97 Å². The van der Waals surface area contributed by atoms with Crippen molar-refractivity contribution in [2.45, 2.75) is 26.7 Å². The van der Waals surface area contributed by atoms with Crippen LogP contribution in [0.4, 0.5) is 5.82 Å². The third-order valence-corrected chi connectivity index (χ3v) is 2.99. The Morgan fingerprint density at radius 1 is 1.47 bits per heavy atom. The number of aromatic nitrogens is 3. The summed E-state index contributed by atoms with van der Waals surface area (Å²) in [5, 5.41) is 13.1. The summed E-state index contributed by atoms with van der Waals surface area (Å²) in [5.41, 5.74) is 1.43. The van der Waals surface area contributed by atoms with Gasteiger partial charge in [-0.05, 0) is 13.3 Å². The van der Waals surface area contributed by atoms with Crippen molar-refractivity contribution < 1.29 is 9.90 Å². The van der Waals surface area contributed by atoms with Gasteiger partial charge in [-0.1, -0.05) is 13.3 Å². The Labute approximate surface area is 111 Å². The first-order valence-corrected chi connectivity index (χ1v) is 6.34. The third-order valence-electron chi connectivity index (χ3n) is 2.99. The minimum Gasteiger partial charge on any atom is -0.476 e. The zero-order valence-corrected chi connectivity index (χ0v) is 11.4. The number of fused-ring (bicyclic) bond motifs is 1. The van der Waals surface area contributed by atoms with Crippen molar-refractivity contribution in [2.24, 2.45) is 0 Å². The average molecular weight is 262 g/mol. The van der Waals surface area contributed by atoms with E-state index in [0.717, 1.165) is 30.9 Å². The molecular weight excluding hydrogens is 244 g/mol. The maximum absolute atomic E-state index is 11.0. The van der Waals surface area contributed by atoms with Crippen LogP contribution in [0.1, 0.15) is 35.9 Å². The summed E-state index contributed by atoms with van der Waals surface area (Å²) in [6.07, 6.45) is 2.18. The Morgan fingerprint density at radius 2 is 2.21 bits per heavy atom. The number of hydrogen-bond donors (Lipinski definition) is 1. The van der Waals surface area contributed by atoms with Crippen LogP contribution in [-0.4, -0.2) is 39.3 Å². The predicted molar refractivity (Wildman–Crippen MR) is 72.9 cm³/mol. The van der Waals surface area contributed by atoms with E-state index in [0.29, 0.717) is 5.65 Å². The van der Waals surface area contributed by atoms with Crippen molar-refractivity contribution in [1.82, 2.24) is 14.6 Å². The fourth-order valence-corrected chi connectivity index (χ4v) is 1.97. The van der Waals surface area contributed by atoms with E-state index in [1.165, 1.54) is 6.07 Å². The number of carbonyl (C=O) groups is 1. The molecular formula is C13H18N4O2. The van der Waals surface area contributed by atoms with Gasteiger partial charge in [-0.15, -0.1) is 0 Å². The number of aromatic carboxylic acids is 1. The molecule has 2 aromatic heterocycles. The van der Waals surface area contributed by atoms with Gasteiger partial charge >= 0.3 is 5.97 Å². The number of carboxylic acid groups (broad SMARTS) is 1. The molecule has 0 bridgehead atoms. The Morgan fingerprint density at radius 3 is 2.84 bits per heavy atom. The van der Waals surface area contributed by atoms with E-state index in [4.69, 9.17) is 5.11 Å². The first-order chi connectivity index (χ1) is 9.02. The fraction of sp³-hybridized carbons (Fsp3) is 0.462. The van der Waals surface area contributed by atoms with Crippen LogP contribution in [0.5, 0.6) is 0 Å². The SMILES string of the molecule is CCCCN(C)c1cc(C)nc2cc(C(=O)O)nn12. The molecule has 0 atom stereocenters. The van der Waals surface area contributed by atoms with Crippen molar-refractivity contribution >= 4 is 17.4 Å². The van der Waals surface area contributed by atoms with Crippen LogP contribution in [0.3, 0.4) is 0 Å². The monoisotopic (exact) mass is 262 g/mol. The first-order valence-electron chi connectivity index (χ1n) is 6.34. The predicted octanol–water partition coefficient (Wildman–Crippen LogP) is 1.97. The third kappa shape index (κ3) is 2.67. The van der Waals surface area contributed by atoms with Gasteiger partial charge in [-0.3, -0.25) is 0 Å². The summed E-state index contributed by atoms with van der Waals surface area (Å²) in [5.74, 6) is -0.172. The van der Waals surface area contributed by atoms with E-state index in [1.54, 1.807) is 4.52 Å². The summed E-state index contributed by atoms with van der Waals surface area (Å²) in [4.78, 5) is 17.4. The molecule has 0 radical (unpaired) electrons. The van der Waals surface area contributed by atoms with Crippen molar-refractivity contribution in [3.63, 3.8) is 0 Å². The van der Waals surface area contributed by atoms with Crippen LogP contribution in [0.2, 0.25) is 0 Å². The van der Waals surface area contributed by atoms with Gasteiger partial charge in [0.2, 0.25) is 0 Å². The molecule has 6 nitrogen and oxygen atoms in total. The summed E-state index contributed by atoms with van der Waals surface area (Å²) in [6, 6.07) is 3.41. The lowest BCUT2D eigenvalue weighted by molar-refractivity contribution is 0.0690. The molecule has 0 aliphatic carbocycles. The molecule has 0 spiro atoms. The van der Waals surface area contributed by atoms with E-state index in [9.17, 15) is 4.79 Å². The van der Waals surface area contributed by atoms with Crippen LogP contribution in [0.25, 0.3) is 5.65 Å². The molecule has 0 amide bonds.